The van der Waals surface area contributed by atoms with E-state index in [1.807, 2.05) is 0 Å². The monoisotopic (exact) mass is 225 g/mol. The molecule has 0 fully saturated rings. The van der Waals surface area contributed by atoms with Gasteiger partial charge in [0.25, 0.3) is 0 Å². The highest BCUT2D eigenvalue weighted by atomic mass is 127. The molecule has 0 saturated heterocycles. The Morgan fingerprint density at radius 3 is 2.00 bits per heavy atom. The van der Waals surface area contributed by atoms with E-state index in [1.165, 1.54) is 6.42 Å². The fourth-order valence-corrected chi connectivity index (χ4v) is 1.09. The lowest BCUT2D eigenvalue weighted by atomic mass is 10.0. The SMILES string of the molecule is CC(C)CC(C)[CH]I. The average Bonchev–Trinajstić information content (AvgIpc) is 1.65. The van der Waals surface area contributed by atoms with Crippen LogP contribution in [0.1, 0.15) is 27.2 Å². The molecular weight excluding hydrogens is 211 g/mol. The van der Waals surface area contributed by atoms with Crippen molar-refractivity contribution in [3.05, 3.63) is 4.43 Å². The van der Waals surface area contributed by atoms with Crippen LogP contribution in [0.5, 0.6) is 0 Å². The van der Waals surface area contributed by atoms with Crippen molar-refractivity contribution in [3.63, 3.8) is 0 Å². The highest BCUT2D eigenvalue weighted by Gasteiger charge is 2.01. The lowest BCUT2D eigenvalue weighted by Crippen LogP contribution is -1.96. The Hall–Kier alpha value is 0.730. The zero-order chi connectivity index (χ0) is 6.57. The first-order valence-corrected chi connectivity index (χ1v) is 4.35. The van der Waals surface area contributed by atoms with Crippen molar-refractivity contribution in [3.8, 4) is 0 Å². The molecule has 49 valence electrons. The lowest BCUT2D eigenvalue weighted by molar-refractivity contribution is 0.498. The van der Waals surface area contributed by atoms with E-state index in [9.17, 15) is 0 Å². The Morgan fingerprint density at radius 1 is 1.38 bits per heavy atom. The second-order valence-corrected chi connectivity index (χ2v) is 3.45. The maximum absolute atomic E-state index is 2.32. The van der Waals surface area contributed by atoms with Crippen LogP contribution in [-0.2, 0) is 0 Å². The van der Waals surface area contributed by atoms with Crippen LogP contribution in [0.25, 0.3) is 0 Å². The molecular formula is C7H14I. The molecule has 0 bridgehead atoms. The molecule has 1 radical (unpaired) electrons. The molecule has 0 nitrogen and oxygen atoms in total. The summed E-state index contributed by atoms with van der Waals surface area (Å²) in [6.45, 7) is 6.78. The number of halogens is 1. The largest absolute Gasteiger partial charge is 0.0812 e. The Bertz CT molecular complexity index is 50.3. The van der Waals surface area contributed by atoms with Gasteiger partial charge in [-0.3, -0.25) is 0 Å². The molecule has 0 aliphatic carbocycles. The standard InChI is InChI=1S/C7H14I/c1-6(2)4-7(3)5-8/h5-7H,4H2,1-3H3. The predicted molar refractivity (Wildman–Crippen MR) is 46.9 cm³/mol. The Kier molecular flexibility index (Phi) is 5.01. The summed E-state index contributed by atoms with van der Waals surface area (Å²) >= 11 is 2.32. The molecule has 1 atom stereocenters. The molecule has 0 spiro atoms. The van der Waals surface area contributed by atoms with Crippen molar-refractivity contribution >= 4 is 22.6 Å². The van der Waals surface area contributed by atoms with E-state index >= 15 is 0 Å². The van der Waals surface area contributed by atoms with Gasteiger partial charge in [0.05, 0.1) is 0 Å². The van der Waals surface area contributed by atoms with Crippen LogP contribution in [0.2, 0.25) is 0 Å². The maximum Gasteiger partial charge on any atom is 0.0256 e. The van der Waals surface area contributed by atoms with Crippen LogP contribution in [-0.4, -0.2) is 0 Å². The molecule has 0 heterocycles. The van der Waals surface area contributed by atoms with E-state index in [4.69, 9.17) is 0 Å². The first-order valence-electron chi connectivity index (χ1n) is 3.10. The van der Waals surface area contributed by atoms with Gasteiger partial charge in [-0.05, 0) is 18.3 Å². The van der Waals surface area contributed by atoms with Gasteiger partial charge in [-0.2, -0.15) is 0 Å². The van der Waals surface area contributed by atoms with Crippen molar-refractivity contribution in [2.24, 2.45) is 11.8 Å². The summed E-state index contributed by atoms with van der Waals surface area (Å²) in [7, 11) is 0. The highest BCUT2D eigenvalue weighted by Crippen LogP contribution is 2.16. The first-order chi connectivity index (χ1) is 3.66. The fraction of sp³-hybridized carbons (Fsp3) is 0.857. The van der Waals surface area contributed by atoms with Crippen molar-refractivity contribution in [1.82, 2.24) is 0 Å². The molecule has 0 rings (SSSR count). The molecule has 0 amide bonds. The molecule has 8 heavy (non-hydrogen) atoms. The quantitative estimate of drug-likeness (QED) is 0.646. The predicted octanol–water partition coefficient (Wildman–Crippen LogP) is 3.27. The second kappa shape index (κ2) is 4.59. The molecule has 0 saturated carbocycles. The van der Waals surface area contributed by atoms with E-state index < -0.39 is 0 Å². The van der Waals surface area contributed by atoms with Crippen LogP contribution in [0, 0.1) is 16.3 Å². The molecule has 0 aromatic rings. The minimum absolute atomic E-state index is 0.788. The van der Waals surface area contributed by atoms with E-state index in [1.54, 1.807) is 0 Å². The summed E-state index contributed by atoms with van der Waals surface area (Å²) in [5.41, 5.74) is 0. The number of hydrogen-bond donors (Lipinski definition) is 0. The van der Waals surface area contributed by atoms with E-state index in [0.29, 0.717) is 0 Å². The van der Waals surface area contributed by atoms with Crippen LogP contribution in [0.3, 0.4) is 0 Å². The summed E-state index contributed by atoms with van der Waals surface area (Å²) in [5.74, 6) is 1.63. The van der Waals surface area contributed by atoms with Gasteiger partial charge in [0.2, 0.25) is 0 Å². The summed E-state index contributed by atoms with van der Waals surface area (Å²) < 4.78 is 2.23. The van der Waals surface area contributed by atoms with Crippen molar-refractivity contribution in [2.75, 3.05) is 0 Å². The summed E-state index contributed by atoms with van der Waals surface area (Å²) in [4.78, 5) is 0. The normalized spacial score (nSPS) is 14.6. The molecule has 1 heteroatoms. The molecule has 0 aromatic heterocycles. The van der Waals surface area contributed by atoms with Gasteiger partial charge in [0.1, 0.15) is 0 Å². The van der Waals surface area contributed by atoms with Gasteiger partial charge < -0.3 is 0 Å². The van der Waals surface area contributed by atoms with Gasteiger partial charge in [0.15, 0.2) is 0 Å². The van der Waals surface area contributed by atoms with Crippen LogP contribution >= 0.6 is 22.6 Å². The molecule has 0 aliphatic rings. The number of hydrogen-bond acceptors (Lipinski definition) is 0. The van der Waals surface area contributed by atoms with Gasteiger partial charge >= 0.3 is 0 Å². The summed E-state index contributed by atoms with van der Waals surface area (Å²) in [6, 6.07) is 0. The molecule has 0 N–H and O–H groups in total. The minimum atomic E-state index is 0.788. The first kappa shape index (κ1) is 8.73. The fourth-order valence-electron chi connectivity index (χ4n) is 0.795. The van der Waals surface area contributed by atoms with Crippen LogP contribution in [0.4, 0.5) is 0 Å². The van der Waals surface area contributed by atoms with Gasteiger partial charge in [0, 0.05) is 4.43 Å². The van der Waals surface area contributed by atoms with Crippen molar-refractivity contribution < 1.29 is 0 Å². The molecule has 0 aliphatic heterocycles. The van der Waals surface area contributed by atoms with E-state index in [-0.39, 0.29) is 0 Å². The van der Waals surface area contributed by atoms with E-state index in [2.05, 4.69) is 47.8 Å². The van der Waals surface area contributed by atoms with Crippen molar-refractivity contribution in [1.29, 1.82) is 0 Å². The van der Waals surface area contributed by atoms with Gasteiger partial charge in [-0.25, -0.2) is 0 Å². The third kappa shape index (κ3) is 4.88. The highest BCUT2D eigenvalue weighted by molar-refractivity contribution is 14.1. The zero-order valence-corrected chi connectivity index (χ0v) is 7.97. The molecule has 0 aromatic carbocycles. The second-order valence-electron chi connectivity index (χ2n) is 2.73. The average molecular weight is 225 g/mol. The number of rotatable bonds is 3. The van der Waals surface area contributed by atoms with E-state index in [0.717, 1.165) is 11.8 Å². The van der Waals surface area contributed by atoms with Crippen LogP contribution < -0.4 is 0 Å². The summed E-state index contributed by atoms with van der Waals surface area (Å²) in [6.07, 6.45) is 1.32. The third-order valence-corrected chi connectivity index (χ3v) is 2.29. The topological polar surface area (TPSA) is 0 Å². The summed E-state index contributed by atoms with van der Waals surface area (Å²) in [5, 5.41) is 0. The maximum atomic E-state index is 2.32. The zero-order valence-electron chi connectivity index (χ0n) is 5.82. The van der Waals surface area contributed by atoms with Crippen LogP contribution in [0.15, 0.2) is 0 Å². The van der Waals surface area contributed by atoms with Gasteiger partial charge in [-0.1, -0.05) is 43.4 Å². The Morgan fingerprint density at radius 2 is 1.88 bits per heavy atom. The third-order valence-electron chi connectivity index (χ3n) is 1.06. The lowest BCUT2D eigenvalue weighted by Gasteiger charge is -2.08. The van der Waals surface area contributed by atoms with Gasteiger partial charge in [-0.15, -0.1) is 0 Å². The van der Waals surface area contributed by atoms with Crippen molar-refractivity contribution in [2.45, 2.75) is 27.2 Å². The smallest absolute Gasteiger partial charge is 0.0256 e. The minimum Gasteiger partial charge on any atom is -0.0812 e. The Balaban J connectivity index is 3.10. The molecule has 1 unspecified atom stereocenters. The Labute approximate surface area is 66.2 Å².